The molecule has 1 heterocycles. The van der Waals surface area contributed by atoms with Crippen LogP contribution in [0.25, 0.3) is 0 Å². The lowest BCUT2D eigenvalue weighted by Crippen LogP contribution is -3.13. The minimum absolute atomic E-state index is 0.0245. The highest BCUT2D eigenvalue weighted by atomic mass is 16.5. The van der Waals surface area contributed by atoms with Crippen molar-refractivity contribution >= 4 is 5.97 Å². The van der Waals surface area contributed by atoms with Crippen LogP contribution in [0.3, 0.4) is 0 Å². The summed E-state index contributed by atoms with van der Waals surface area (Å²) in [6.45, 7) is 10.2. The maximum Gasteiger partial charge on any atom is 0.314 e. The highest BCUT2D eigenvalue weighted by Gasteiger charge is 2.29. The molecule has 3 nitrogen and oxygen atoms in total. The number of hydrogen-bond donors (Lipinski definition) is 1. The van der Waals surface area contributed by atoms with Crippen LogP contribution in [-0.2, 0) is 9.53 Å². The quantitative estimate of drug-likeness (QED) is 0.403. The first kappa shape index (κ1) is 18.2. The minimum atomic E-state index is 0.0245. The van der Waals surface area contributed by atoms with E-state index < -0.39 is 0 Å². The fourth-order valence-corrected chi connectivity index (χ4v) is 3.10. The van der Waals surface area contributed by atoms with Gasteiger partial charge in [-0.05, 0) is 59.3 Å². The van der Waals surface area contributed by atoms with Gasteiger partial charge in [0.2, 0.25) is 0 Å². The first-order chi connectivity index (χ1) is 10.1. The molecule has 3 heteroatoms. The van der Waals surface area contributed by atoms with Crippen molar-refractivity contribution in [2.75, 3.05) is 26.2 Å². The van der Waals surface area contributed by atoms with E-state index in [0.29, 0.717) is 6.61 Å². The summed E-state index contributed by atoms with van der Waals surface area (Å²) in [5, 5.41) is 0. The van der Waals surface area contributed by atoms with Gasteiger partial charge in [0.1, 0.15) is 5.92 Å². The summed E-state index contributed by atoms with van der Waals surface area (Å²) in [4.78, 5) is 13.4. The van der Waals surface area contributed by atoms with Crippen LogP contribution in [0.4, 0.5) is 0 Å². The van der Waals surface area contributed by atoms with Gasteiger partial charge >= 0.3 is 5.97 Å². The predicted octanol–water partition coefficient (Wildman–Crippen LogP) is 2.76. The second-order valence-corrected chi connectivity index (χ2v) is 6.53. The SMILES string of the molecule is CCOC(=O)[C@H]1CCC[NH+](CCCCCCC=C(C)C)C1. The molecule has 1 unspecified atom stereocenters. The molecule has 1 N–H and O–H groups in total. The van der Waals surface area contributed by atoms with Crippen molar-refractivity contribution in [2.24, 2.45) is 5.92 Å². The predicted molar refractivity (Wildman–Crippen MR) is 87.4 cm³/mol. The second-order valence-electron chi connectivity index (χ2n) is 6.53. The Morgan fingerprint density at radius 3 is 2.71 bits per heavy atom. The molecule has 0 amide bonds. The van der Waals surface area contributed by atoms with Gasteiger partial charge in [0.15, 0.2) is 0 Å². The molecule has 0 saturated carbocycles. The van der Waals surface area contributed by atoms with Crippen molar-refractivity contribution < 1.29 is 14.4 Å². The number of hydrogen-bond acceptors (Lipinski definition) is 2. The highest BCUT2D eigenvalue weighted by Crippen LogP contribution is 2.10. The van der Waals surface area contributed by atoms with Crippen molar-refractivity contribution in [3.8, 4) is 0 Å². The zero-order valence-electron chi connectivity index (χ0n) is 14.2. The third kappa shape index (κ3) is 8.25. The molecule has 0 radical (unpaired) electrons. The lowest BCUT2D eigenvalue weighted by molar-refractivity contribution is -0.907. The molecule has 0 aromatic carbocycles. The van der Waals surface area contributed by atoms with Gasteiger partial charge in [-0.2, -0.15) is 0 Å². The monoisotopic (exact) mass is 296 g/mol. The van der Waals surface area contributed by atoms with E-state index in [1.54, 1.807) is 4.90 Å². The Morgan fingerprint density at radius 2 is 2.00 bits per heavy atom. The maximum atomic E-state index is 11.8. The fourth-order valence-electron chi connectivity index (χ4n) is 3.10. The van der Waals surface area contributed by atoms with Gasteiger partial charge in [0.25, 0.3) is 0 Å². The van der Waals surface area contributed by atoms with E-state index >= 15 is 0 Å². The average Bonchev–Trinajstić information content (AvgIpc) is 2.46. The van der Waals surface area contributed by atoms with E-state index in [1.807, 2.05) is 6.92 Å². The smallest absolute Gasteiger partial charge is 0.314 e. The van der Waals surface area contributed by atoms with Crippen LogP contribution >= 0.6 is 0 Å². The van der Waals surface area contributed by atoms with Crippen molar-refractivity contribution in [3.05, 3.63) is 11.6 Å². The van der Waals surface area contributed by atoms with Gasteiger partial charge in [-0.15, -0.1) is 0 Å². The molecule has 1 rings (SSSR count). The number of likely N-dealkylation sites (tertiary alicyclic amines) is 1. The summed E-state index contributed by atoms with van der Waals surface area (Å²) in [6, 6.07) is 0. The third-order valence-electron chi connectivity index (χ3n) is 4.27. The number of nitrogens with one attached hydrogen (secondary N) is 1. The summed E-state index contributed by atoms with van der Waals surface area (Å²) < 4.78 is 5.16. The number of rotatable bonds is 9. The highest BCUT2D eigenvalue weighted by molar-refractivity contribution is 5.72. The maximum absolute atomic E-state index is 11.8. The number of allylic oxidation sites excluding steroid dienone is 2. The Bertz CT molecular complexity index is 321. The Labute approximate surface area is 130 Å². The molecule has 21 heavy (non-hydrogen) atoms. The molecule has 0 aromatic rings. The van der Waals surface area contributed by atoms with Gasteiger partial charge in [-0.3, -0.25) is 4.79 Å². The molecule has 2 atom stereocenters. The summed E-state index contributed by atoms with van der Waals surface area (Å²) in [5.74, 6) is 0.169. The van der Waals surface area contributed by atoms with Crippen molar-refractivity contribution in [1.82, 2.24) is 0 Å². The molecule has 0 spiro atoms. The van der Waals surface area contributed by atoms with E-state index in [-0.39, 0.29) is 11.9 Å². The first-order valence-electron chi connectivity index (χ1n) is 8.77. The van der Waals surface area contributed by atoms with Crippen LogP contribution in [-0.4, -0.2) is 32.2 Å². The number of piperidine rings is 1. The largest absolute Gasteiger partial charge is 0.466 e. The first-order valence-corrected chi connectivity index (χ1v) is 8.77. The third-order valence-corrected chi connectivity index (χ3v) is 4.27. The fraction of sp³-hybridized carbons (Fsp3) is 0.833. The average molecular weight is 296 g/mol. The van der Waals surface area contributed by atoms with Crippen LogP contribution in [0.1, 0.15) is 65.7 Å². The second kappa shape index (κ2) is 10.8. The minimum Gasteiger partial charge on any atom is -0.466 e. The molecule has 0 aromatic heterocycles. The topological polar surface area (TPSA) is 30.7 Å². The number of quaternary nitrogens is 1. The van der Waals surface area contributed by atoms with Gasteiger partial charge in [0.05, 0.1) is 26.2 Å². The molecule has 1 fully saturated rings. The van der Waals surface area contributed by atoms with Crippen molar-refractivity contribution in [3.63, 3.8) is 0 Å². The zero-order chi connectivity index (χ0) is 15.5. The molecule has 0 bridgehead atoms. The van der Waals surface area contributed by atoms with Gasteiger partial charge in [-0.1, -0.05) is 18.1 Å². The van der Waals surface area contributed by atoms with Gasteiger partial charge in [0, 0.05) is 0 Å². The number of esters is 1. The van der Waals surface area contributed by atoms with E-state index in [1.165, 1.54) is 57.2 Å². The Hall–Kier alpha value is -0.830. The summed E-state index contributed by atoms with van der Waals surface area (Å²) in [5.41, 5.74) is 1.43. The Balaban J connectivity index is 2.09. The van der Waals surface area contributed by atoms with Crippen LogP contribution in [0.2, 0.25) is 0 Å². The zero-order valence-corrected chi connectivity index (χ0v) is 14.2. The molecular formula is C18H34NO2+. The summed E-state index contributed by atoms with van der Waals surface area (Å²) in [6.07, 6.45) is 11.0. The van der Waals surface area contributed by atoms with E-state index in [4.69, 9.17) is 4.74 Å². The number of unbranched alkanes of at least 4 members (excludes halogenated alkanes) is 4. The van der Waals surface area contributed by atoms with E-state index in [0.717, 1.165) is 13.0 Å². The van der Waals surface area contributed by atoms with Crippen LogP contribution in [0, 0.1) is 5.92 Å². The standard InChI is InChI=1S/C18H33NO2/c1-4-21-18(20)17-12-10-14-19(15-17)13-9-7-5-6-8-11-16(2)3/h11,17H,4-10,12-15H2,1-3H3/p+1/t17-/m0/s1. The number of carbonyl (C=O) groups is 1. The van der Waals surface area contributed by atoms with Crippen molar-refractivity contribution in [2.45, 2.75) is 65.7 Å². The molecule has 1 saturated heterocycles. The molecule has 1 aliphatic heterocycles. The summed E-state index contributed by atoms with van der Waals surface area (Å²) >= 11 is 0. The van der Waals surface area contributed by atoms with Gasteiger partial charge < -0.3 is 9.64 Å². The lowest BCUT2D eigenvalue weighted by Gasteiger charge is -2.28. The molecule has 1 aliphatic rings. The van der Waals surface area contributed by atoms with E-state index in [2.05, 4.69) is 19.9 Å². The Kier molecular flexibility index (Phi) is 9.40. The molecule has 0 aliphatic carbocycles. The van der Waals surface area contributed by atoms with Crippen LogP contribution in [0.15, 0.2) is 11.6 Å². The number of ether oxygens (including phenoxy) is 1. The molecule has 122 valence electrons. The van der Waals surface area contributed by atoms with E-state index in [9.17, 15) is 4.79 Å². The number of carbonyl (C=O) groups excluding carboxylic acids is 1. The summed E-state index contributed by atoms with van der Waals surface area (Å²) in [7, 11) is 0. The Morgan fingerprint density at radius 1 is 1.24 bits per heavy atom. The van der Waals surface area contributed by atoms with Crippen LogP contribution in [0.5, 0.6) is 0 Å². The van der Waals surface area contributed by atoms with Gasteiger partial charge in [-0.25, -0.2) is 0 Å². The van der Waals surface area contributed by atoms with Crippen molar-refractivity contribution in [1.29, 1.82) is 0 Å². The lowest BCUT2D eigenvalue weighted by atomic mass is 9.98. The van der Waals surface area contributed by atoms with Crippen LogP contribution < -0.4 is 4.90 Å². The molecular weight excluding hydrogens is 262 g/mol. The normalized spacial score (nSPS) is 21.9.